The third-order valence-electron chi connectivity index (χ3n) is 2.56. The van der Waals surface area contributed by atoms with Gasteiger partial charge in [0.15, 0.2) is 0 Å². The molecule has 0 bridgehead atoms. The lowest BCUT2D eigenvalue weighted by molar-refractivity contribution is 1.07. The molecule has 17 heavy (non-hydrogen) atoms. The van der Waals surface area contributed by atoms with E-state index in [9.17, 15) is 0 Å². The van der Waals surface area contributed by atoms with Gasteiger partial charge >= 0.3 is 0 Å². The maximum Gasteiger partial charge on any atom is 0.148 e. The second-order valence-electron chi connectivity index (χ2n) is 3.74. The van der Waals surface area contributed by atoms with E-state index in [1.807, 2.05) is 0 Å². The zero-order valence-corrected chi connectivity index (χ0v) is 10.4. The molecule has 2 aromatic rings. The summed E-state index contributed by atoms with van der Waals surface area (Å²) < 4.78 is 0. The van der Waals surface area contributed by atoms with Crippen molar-refractivity contribution in [1.82, 2.24) is 9.97 Å². The minimum absolute atomic E-state index is 0.540. The minimum atomic E-state index is 0.540. The Kier molecular flexibility index (Phi) is 3.94. The van der Waals surface area contributed by atoms with Crippen molar-refractivity contribution in [3.8, 4) is 0 Å². The molecule has 0 unspecified atom stereocenters. The summed E-state index contributed by atoms with van der Waals surface area (Å²) in [6.45, 7) is 2.86. The van der Waals surface area contributed by atoms with Crippen molar-refractivity contribution in [1.29, 1.82) is 0 Å². The van der Waals surface area contributed by atoms with Crippen LogP contribution >= 0.6 is 11.6 Å². The summed E-state index contributed by atoms with van der Waals surface area (Å²) >= 11 is 5.95. The van der Waals surface area contributed by atoms with E-state index in [-0.39, 0.29) is 0 Å². The van der Waals surface area contributed by atoms with Gasteiger partial charge in [0.05, 0.1) is 6.20 Å². The second-order valence-corrected chi connectivity index (χ2v) is 4.15. The fourth-order valence-corrected chi connectivity index (χ4v) is 1.69. The molecule has 0 atom stereocenters. The number of aromatic nitrogens is 2. The zero-order valence-electron chi connectivity index (χ0n) is 9.65. The fraction of sp³-hybridized carbons (Fsp3) is 0.231. The van der Waals surface area contributed by atoms with Crippen molar-refractivity contribution >= 4 is 17.4 Å². The lowest BCUT2D eigenvalue weighted by Crippen LogP contribution is -2.02. The molecule has 3 nitrogen and oxygen atoms in total. The van der Waals surface area contributed by atoms with Crippen molar-refractivity contribution in [2.75, 3.05) is 5.32 Å². The fourth-order valence-electron chi connectivity index (χ4n) is 1.52. The largest absolute Gasteiger partial charge is 0.365 e. The number of anilines is 1. The van der Waals surface area contributed by atoms with Gasteiger partial charge in [-0.1, -0.05) is 42.8 Å². The molecule has 0 amide bonds. The SMILES string of the molecule is CCc1ccc(CNc2ncncc2Cl)cc1. The van der Waals surface area contributed by atoms with Gasteiger partial charge in [-0.2, -0.15) is 0 Å². The maximum absolute atomic E-state index is 5.95. The molecule has 1 aromatic carbocycles. The van der Waals surface area contributed by atoms with E-state index in [1.54, 1.807) is 6.20 Å². The van der Waals surface area contributed by atoms with Crippen LogP contribution in [0.2, 0.25) is 5.02 Å². The minimum Gasteiger partial charge on any atom is -0.365 e. The summed E-state index contributed by atoms with van der Waals surface area (Å²) in [6.07, 6.45) is 4.12. The number of rotatable bonds is 4. The highest BCUT2D eigenvalue weighted by Crippen LogP contribution is 2.17. The molecule has 2 rings (SSSR count). The van der Waals surface area contributed by atoms with E-state index >= 15 is 0 Å². The van der Waals surface area contributed by atoms with E-state index in [0.29, 0.717) is 17.4 Å². The highest BCUT2D eigenvalue weighted by atomic mass is 35.5. The van der Waals surface area contributed by atoms with Gasteiger partial charge in [-0.15, -0.1) is 0 Å². The molecule has 0 aliphatic rings. The van der Waals surface area contributed by atoms with E-state index < -0.39 is 0 Å². The van der Waals surface area contributed by atoms with Gasteiger partial charge in [-0.25, -0.2) is 9.97 Å². The van der Waals surface area contributed by atoms with Crippen LogP contribution in [0.1, 0.15) is 18.1 Å². The molecule has 1 heterocycles. The van der Waals surface area contributed by atoms with Crippen LogP contribution < -0.4 is 5.32 Å². The molecule has 0 aliphatic carbocycles. The predicted octanol–water partition coefficient (Wildman–Crippen LogP) is 3.30. The smallest absolute Gasteiger partial charge is 0.148 e. The average Bonchev–Trinajstić information content (AvgIpc) is 2.38. The Hall–Kier alpha value is -1.61. The normalized spacial score (nSPS) is 10.2. The van der Waals surface area contributed by atoms with Crippen molar-refractivity contribution in [3.63, 3.8) is 0 Å². The van der Waals surface area contributed by atoms with E-state index in [0.717, 1.165) is 6.42 Å². The van der Waals surface area contributed by atoms with E-state index in [2.05, 4.69) is 46.5 Å². The van der Waals surface area contributed by atoms with Crippen LogP contribution in [0.15, 0.2) is 36.8 Å². The Morgan fingerprint density at radius 3 is 2.53 bits per heavy atom. The van der Waals surface area contributed by atoms with E-state index in [4.69, 9.17) is 11.6 Å². The second kappa shape index (κ2) is 5.64. The number of halogens is 1. The molecule has 0 radical (unpaired) electrons. The monoisotopic (exact) mass is 247 g/mol. The number of hydrogen-bond donors (Lipinski definition) is 1. The van der Waals surface area contributed by atoms with Gasteiger partial charge in [0.25, 0.3) is 0 Å². The first kappa shape index (κ1) is 11.9. The predicted molar refractivity (Wildman–Crippen MR) is 70.2 cm³/mol. The Morgan fingerprint density at radius 2 is 1.88 bits per heavy atom. The van der Waals surface area contributed by atoms with Gasteiger partial charge in [0, 0.05) is 6.54 Å². The third-order valence-corrected chi connectivity index (χ3v) is 2.84. The third kappa shape index (κ3) is 3.17. The van der Waals surface area contributed by atoms with Gasteiger partial charge in [-0.3, -0.25) is 0 Å². The van der Waals surface area contributed by atoms with Crippen molar-refractivity contribution in [2.24, 2.45) is 0 Å². The van der Waals surface area contributed by atoms with Crippen molar-refractivity contribution < 1.29 is 0 Å². The molecule has 0 fully saturated rings. The molecular formula is C13H14ClN3. The molecule has 1 N–H and O–H groups in total. The van der Waals surface area contributed by atoms with Crippen LogP contribution in [-0.2, 0) is 13.0 Å². The van der Waals surface area contributed by atoms with Crippen molar-refractivity contribution in [3.05, 3.63) is 52.9 Å². The molecule has 4 heteroatoms. The molecule has 0 saturated heterocycles. The molecule has 88 valence electrons. The number of benzene rings is 1. The molecule has 0 spiro atoms. The number of nitrogens with zero attached hydrogens (tertiary/aromatic N) is 2. The Balaban J connectivity index is 2.00. The van der Waals surface area contributed by atoms with Crippen LogP contribution in [0.25, 0.3) is 0 Å². The van der Waals surface area contributed by atoms with Crippen LogP contribution in [0, 0.1) is 0 Å². The molecule has 0 aliphatic heterocycles. The summed E-state index contributed by atoms with van der Waals surface area (Å²) in [5, 5.41) is 3.72. The number of nitrogens with one attached hydrogen (secondary N) is 1. The average molecular weight is 248 g/mol. The molecule has 0 saturated carbocycles. The zero-order chi connectivity index (χ0) is 12.1. The van der Waals surface area contributed by atoms with Gasteiger partial charge in [-0.05, 0) is 17.5 Å². The van der Waals surface area contributed by atoms with Crippen LogP contribution in [0.3, 0.4) is 0 Å². The Bertz CT molecular complexity index is 482. The Labute approximate surface area is 106 Å². The van der Waals surface area contributed by atoms with E-state index in [1.165, 1.54) is 17.5 Å². The highest BCUT2D eigenvalue weighted by molar-refractivity contribution is 6.32. The van der Waals surface area contributed by atoms with Crippen LogP contribution in [-0.4, -0.2) is 9.97 Å². The number of aryl methyl sites for hydroxylation is 1. The van der Waals surface area contributed by atoms with Gasteiger partial charge < -0.3 is 5.32 Å². The first-order valence-corrected chi connectivity index (χ1v) is 5.94. The topological polar surface area (TPSA) is 37.8 Å². The first-order valence-electron chi connectivity index (χ1n) is 5.56. The Morgan fingerprint density at radius 1 is 1.18 bits per heavy atom. The molecular weight excluding hydrogens is 234 g/mol. The van der Waals surface area contributed by atoms with Crippen LogP contribution in [0.5, 0.6) is 0 Å². The number of hydrogen-bond acceptors (Lipinski definition) is 3. The lowest BCUT2D eigenvalue weighted by Gasteiger charge is -2.07. The first-order chi connectivity index (χ1) is 8.29. The van der Waals surface area contributed by atoms with Gasteiger partial charge in [0.1, 0.15) is 17.2 Å². The van der Waals surface area contributed by atoms with Crippen LogP contribution in [0.4, 0.5) is 5.82 Å². The quantitative estimate of drug-likeness (QED) is 0.901. The molecule has 1 aromatic heterocycles. The summed E-state index contributed by atoms with van der Waals surface area (Å²) in [4.78, 5) is 7.91. The standard InChI is InChI=1S/C13H14ClN3/c1-2-10-3-5-11(6-4-10)7-16-13-12(14)8-15-9-17-13/h3-6,8-9H,2,7H2,1H3,(H,15,16,17). The highest BCUT2D eigenvalue weighted by Gasteiger charge is 2.00. The summed E-state index contributed by atoms with van der Waals surface area (Å²) in [6, 6.07) is 8.50. The lowest BCUT2D eigenvalue weighted by atomic mass is 10.1. The van der Waals surface area contributed by atoms with Gasteiger partial charge in [0.2, 0.25) is 0 Å². The van der Waals surface area contributed by atoms with Crippen molar-refractivity contribution in [2.45, 2.75) is 19.9 Å². The summed E-state index contributed by atoms with van der Waals surface area (Å²) in [7, 11) is 0. The summed E-state index contributed by atoms with van der Waals surface area (Å²) in [5.41, 5.74) is 2.55. The maximum atomic E-state index is 5.95. The summed E-state index contributed by atoms with van der Waals surface area (Å²) in [5.74, 6) is 0.668.